The Morgan fingerprint density at radius 1 is 1.30 bits per heavy atom. The summed E-state index contributed by atoms with van der Waals surface area (Å²) in [6.07, 6.45) is 4.69. The van der Waals surface area contributed by atoms with Crippen LogP contribution in [-0.4, -0.2) is 60.3 Å². The van der Waals surface area contributed by atoms with Crippen LogP contribution in [0.15, 0.2) is 53.5 Å². The maximum atomic E-state index is 12.8. The number of aromatic nitrogens is 1. The molecule has 2 N–H and O–H groups in total. The topological polar surface area (TPSA) is 105 Å². The molecule has 3 heterocycles. The number of nitrogens with zero attached hydrogens (tertiary/aromatic N) is 3. The fourth-order valence-electron chi connectivity index (χ4n) is 3.64. The molecular formula is C23H26ClN5O4. The van der Waals surface area contributed by atoms with Gasteiger partial charge in [-0.05, 0) is 38.1 Å². The number of carbonyl (C=O) groups is 2. The van der Waals surface area contributed by atoms with E-state index in [1.54, 1.807) is 24.4 Å². The summed E-state index contributed by atoms with van der Waals surface area (Å²) < 4.78 is 11.4. The summed E-state index contributed by atoms with van der Waals surface area (Å²) in [5.41, 5.74) is 1.96. The van der Waals surface area contributed by atoms with Crippen LogP contribution >= 0.6 is 12.4 Å². The van der Waals surface area contributed by atoms with E-state index in [9.17, 15) is 9.59 Å². The number of amidine groups is 1. The molecule has 2 aliphatic rings. The highest BCUT2D eigenvalue weighted by atomic mass is 35.5. The van der Waals surface area contributed by atoms with Gasteiger partial charge in [-0.25, -0.2) is 0 Å². The van der Waals surface area contributed by atoms with Crippen LogP contribution in [0.25, 0.3) is 0 Å². The Morgan fingerprint density at radius 2 is 2.12 bits per heavy atom. The van der Waals surface area contributed by atoms with Crippen molar-refractivity contribution in [1.82, 2.24) is 15.2 Å². The Hall–Kier alpha value is -3.59. The summed E-state index contributed by atoms with van der Waals surface area (Å²) >= 11 is 0. The first-order valence-electron chi connectivity index (χ1n) is 10.4. The van der Waals surface area contributed by atoms with Crippen molar-refractivity contribution in [3.8, 4) is 11.5 Å². The molecule has 0 atom stereocenters. The van der Waals surface area contributed by atoms with Crippen molar-refractivity contribution in [3.05, 3.63) is 59.7 Å². The molecule has 1 amide bonds. The minimum absolute atomic E-state index is 0. The van der Waals surface area contributed by atoms with Crippen LogP contribution in [0.2, 0.25) is 0 Å². The number of hydrogen-bond acceptors (Lipinski definition) is 8. The molecule has 0 spiro atoms. The van der Waals surface area contributed by atoms with Crippen LogP contribution in [0, 0.1) is 0 Å². The van der Waals surface area contributed by atoms with Crippen LogP contribution in [0.1, 0.15) is 29.8 Å². The van der Waals surface area contributed by atoms with Crippen molar-refractivity contribution in [1.29, 1.82) is 0 Å². The molecule has 0 unspecified atom stereocenters. The van der Waals surface area contributed by atoms with Crippen LogP contribution in [0.4, 0.5) is 5.69 Å². The largest absolute Gasteiger partial charge is 0.491 e. The van der Waals surface area contributed by atoms with E-state index in [0.29, 0.717) is 41.7 Å². The molecule has 0 bridgehead atoms. The summed E-state index contributed by atoms with van der Waals surface area (Å²) in [7, 11) is 1.53. The average Bonchev–Trinajstić information content (AvgIpc) is 3.28. The molecule has 0 saturated heterocycles. The van der Waals surface area contributed by atoms with Gasteiger partial charge < -0.3 is 25.0 Å². The van der Waals surface area contributed by atoms with Gasteiger partial charge in [0.25, 0.3) is 5.91 Å². The highest BCUT2D eigenvalue weighted by Crippen LogP contribution is 2.42. The molecule has 0 aliphatic carbocycles. The predicted octanol–water partition coefficient (Wildman–Crippen LogP) is 2.63. The Bertz CT molecular complexity index is 1100. The van der Waals surface area contributed by atoms with Crippen molar-refractivity contribution in [2.75, 3.05) is 32.1 Å². The molecule has 174 valence electrons. The molecule has 1 aromatic heterocycles. The average molecular weight is 472 g/mol. The summed E-state index contributed by atoms with van der Waals surface area (Å²) in [6.45, 7) is 4.91. The van der Waals surface area contributed by atoms with Crippen molar-refractivity contribution in [2.24, 2.45) is 4.99 Å². The number of pyridine rings is 1. The van der Waals surface area contributed by atoms with Gasteiger partial charge in [0.1, 0.15) is 11.7 Å². The van der Waals surface area contributed by atoms with Crippen molar-refractivity contribution in [2.45, 2.75) is 19.9 Å². The van der Waals surface area contributed by atoms with Gasteiger partial charge in [-0.15, -0.1) is 12.4 Å². The van der Waals surface area contributed by atoms with E-state index in [2.05, 4.69) is 20.6 Å². The number of ether oxygens (including phenoxy) is 2. The highest BCUT2D eigenvalue weighted by molar-refractivity contribution is 6.11. The van der Waals surface area contributed by atoms with Crippen LogP contribution in [0.5, 0.6) is 11.5 Å². The fourth-order valence-corrected chi connectivity index (χ4v) is 3.64. The number of amides is 1. The number of halogens is 1. The van der Waals surface area contributed by atoms with Crippen molar-refractivity contribution >= 4 is 35.6 Å². The zero-order chi connectivity index (χ0) is 22.7. The molecular weight excluding hydrogens is 446 g/mol. The SMILES string of the molecule is COc1c(OCC(=O)NC(C)C)ccc2c1NC(=CC(=O)c1cccnc1)N1CCN=C21.Cl. The quantitative estimate of drug-likeness (QED) is 0.472. The number of ketones is 1. The zero-order valence-corrected chi connectivity index (χ0v) is 19.4. The highest BCUT2D eigenvalue weighted by Gasteiger charge is 2.33. The van der Waals surface area contributed by atoms with E-state index >= 15 is 0 Å². The van der Waals surface area contributed by atoms with E-state index in [1.165, 1.54) is 19.4 Å². The molecule has 0 radical (unpaired) electrons. The molecule has 4 rings (SSSR count). The standard InChI is InChI=1S/C23H25N5O4.ClH/c1-14(2)26-20(30)13-32-18-7-6-16-21(22(18)31-3)27-19(28-10-9-25-23(16)28)11-17(29)15-5-4-8-24-12-15;/h4-8,11-12,14,27H,9-10,13H2,1-3H3,(H,26,30);1H. The second-order valence-corrected chi connectivity index (χ2v) is 7.65. The number of carbonyl (C=O) groups excluding carboxylic acids is 2. The van der Waals surface area contributed by atoms with E-state index in [1.807, 2.05) is 24.8 Å². The van der Waals surface area contributed by atoms with Crippen molar-refractivity contribution in [3.63, 3.8) is 0 Å². The van der Waals surface area contributed by atoms with Crippen LogP contribution in [-0.2, 0) is 4.79 Å². The van der Waals surface area contributed by atoms with E-state index < -0.39 is 0 Å². The number of nitrogens with one attached hydrogen (secondary N) is 2. The second kappa shape index (κ2) is 10.4. The zero-order valence-electron chi connectivity index (χ0n) is 18.6. The van der Waals surface area contributed by atoms with E-state index in [0.717, 1.165) is 11.4 Å². The fraction of sp³-hybridized carbons (Fsp3) is 0.304. The normalized spacial score (nSPS) is 15.1. The van der Waals surface area contributed by atoms with Crippen LogP contribution < -0.4 is 20.1 Å². The summed E-state index contributed by atoms with van der Waals surface area (Å²) in [4.78, 5) is 35.4. The Kier molecular flexibility index (Phi) is 7.55. The third kappa shape index (κ3) is 5.09. The number of methoxy groups -OCH3 is 1. The van der Waals surface area contributed by atoms with Gasteiger partial charge in [0.15, 0.2) is 23.9 Å². The Balaban J connectivity index is 0.00000306. The molecule has 10 heteroatoms. The molecule has 9 nitrogen and oxygen atoms in total. The Morgan fingerprint density at radius 3 is 2.82 bits per heavy atom. The maximum absolute atomic E-state index is 12.8. The van der Waals surface area contributed by atoms with Gasteiger partial charge >= 0.3 is 0 Å². The Labute approximate surface area is 198 Å². The van der Waals surface area contributed by atoms with E-state index in [4.69, 9.17) is 9.47 Å². The predicted molar refractivity (Wildman–Crippen MR) is 127 cm³/mol. The first-order valence-corrected chi connectivity index (χ1v) is 10.4. The van der Waals surface area contributed by atoms with Crippen molar-refractivity contribution < 1.29 is 19.1 Å². The molecule has 0 saturated carbocycles. The number of aliphatic imine (C=N–C) groups is 1. The number of hydrogen-bond donors (Lipinski definition) is 2. The molecule has 2 aliphatic heterocycles. The van der Waals surface area contributed by atoms with Gasteiger partial charge in [0, 0.05) is 42.2 Å². The van der Waals surface area contributed by atoms with Gasteiger partial charge in [0.2, 0.25) is 0 Å². The van der Waals surface area contributed by atoms with Gasteiger partial charge in [-0.2, -0.15) is 0 Å². The first kappa shape index (κ1) is 24.1. The number of allylic oxidation sites excluding steroid dienone is 1. The minimum atomic E-state index is -0.221. The third-order valence-corrected chi connectivity index (χ3v) is 4.97. The first-order chi connectivity index (χ1) is 15.5. The summed E-state index contributed by atoms with van der Waals surface area (Å²) in [6, 6.07) is 7.10. The summed E-state index contributed by atoms with van der Waals surface area (Å²) in [5, 5.41) is 6.10. The van der Waals surface area contributed by atoms with Gasteiger partial charge in [0.05, 0.1) is 19.3 Å². The van der Waals surface area contributed by atoms with Crippen LogP contribution in [0.3, 0.4) is 0 Å². The lowest BCUT2D eigenvalue weighted by Crippen LogP contribution is -2.37. The van der Waals surface area contributed by atoms with E-state index in [-0.39, 0.29) is 36.7 Å². The minimum Gasteiger partial charge on any atom is -0.491 e. The number of benzene rings is 1. The lowest BCUT2D eigenvalue weighted by atomic mass is 10.1. The van der Waals surface area contributed by atoms with Gasteiger partial charge in [-0.1, -0.05) is 0 Å². The second-order valence-electron chi connectivity index (χ2n) is 7.65. The summed E-state index contributed by atoms with van der Waals surface area (Å²) in [5.74, 6) is 1.81. The monoisotopic (exact) mass is 471 g/mol. The van der Waals surface area contributed by atoms with Gasteiger partial charge in [-0.3, -0.25) is 19.6 Å². The molecule has 1 aromatic carbocycles. The molecule has 33 heavy (non-hydrogen) atoms. The molecule has 2 aromatic rings. The number of rotatable bonds is 7. The number of fused-ring (bicyclic) bond motifs is 3. The lowest BCUT2D eigenvalue weighted by molar-refractivity contribution is -0.123. The number of anilines is 1. The third-order valence-electron chi connectivity index (χ3n) is 4.97. The smallest absolute Gasteiger partial charge is 0.258 e. The maximum Gasteiger partial charge on any atom is 0.258 e. The lowest BCUT2D eigenvalue weighted by Gasteiger charge is -2.32. The molecule has 0 fully saturated rings.